The van der Waals surface area contributed by atoms with Crippen molar-refractivity contribution < 1.29 is 26.7 Å². The summed E-state index contributed by atoms with van der Waals surface area (Å²) in [6, 6.07) is 10.2. The minimum atomic E-state index is -3.99. The second kappa shape index (κ2) is 20.2. The van der Waals surface area contributed by atoms with E-state index in [0.29, 0.717) is 34.8 Å². The van der Waals surface area contributed by atoms with Gasteiger partial charge < -0.3 is 9.84 Å². The van der Waals surface area contributed by atoms with Crippen LogP contribution in [0.1, 0.15) is 128 Å². The van der Waals surface area contributed by atoms with Crippen molar-refractivity contribution >= 4 is 25.5 Å². The molecule has 8 heteroatoms. The second-order valence-corrected chi connectivity index (χ2v) is 15.4. The number of rotatable bonds is 24. The van der Waals surface area contributed by atoms with E-state index >= 15 is 0 Å². The van der Waals surface area contributed by atoms with Crippen LogP contribution in [0.15, 0.2) is 46.2 Å². The number of ether oxygens (including phenoxy) is 1. The Morgan fingerprint density at radius 1 is 0.628 bits per heavy atom. The van der Waals surface area contributed by atoms with Gasteiger partial charge in [0.1, 0.15) is 21.3 Å². The minimum Gasteiger partial charge on any atom is -0.843 e. The maximum atomic E-state index is 13.3. The van der Waals surface area contributed by atoms with Crippen molar-refractivity contribution in [3.8, 4) is 11.5 Å². The number of hydrogen-bond donors (Lipinski definition) is 0. The van der Waals surface area contributed by atoms with Crippen molar-refractivity contribution in [1.82, 2.24) is 0 Å². The topological polar surface area (TPSA) is 92.7 Å². The predicted octanol–water partition coefficient (Wildman–Crippen LogP) is 8.57. The first-order valence-corrected chi connectivity index (χ1v) is 19.7. The molecule has 0 spiro atoms. The Morgan fingerprint density at radius 3 is 1.44 bits per heavy atom. The van der Waals surface area contributed by atoms with Crippen LogP contribution in [0.4, 0.5) is 0 Å². The Morgan fingerprint density at radius 2 is 1.02 bits per heavy atom. The van der Waals surface area contributed by atoms with E-state index in [1.165, 1.54) is 77.4 Å². The van der Waals surface area contributed by atoms with Crippen LogP contribution in [0.2, 0.25) is 0 Å². The lowest BCUT2D eigenvalue weighted by Gasteiger charge is -2.20. The minimum absolute atomic E-state index is 0.0431. The van der Waals surface area contributed by atoms with E-state index in [2.05, 4.69) is 19.7 Å². The van der Waals surface area contributed by atoms with Crippen LogP contribution in [0.5, 0.6) is 11.5 Å². The molecule has 2 aromatic carbocycles. The molecule has 1 atom stereocenters. The van der Waals surface area contributed by atoms with Crippen LogP contribution in [-0.4, -0.2) is 31.5 Å². The zero-order valence-corrected chi connectivity index (χ0v) is 28.5. The third-order valence-corrected chi connectivity index (χ3v) is 11.0. The summed E-state index contributed by atoms with van der Waals surface area (Å²) in [5.74, 6) is 3.57. The average Bonchev–Trinajstić information content (AvgIpc) is 3.00. The summed E-state index contributed by atoms with van der Waals surface area (Å²) >= 11 is 0. The van der Waals surface area contributed by atoms with Crippen molar-refractivity contribution in [3.05, 3.63) is 47.5 Å². The summed E-state index contributed by atoms with van der Waals surface area (Å²) in [5, 5.41) is 11.7. The number of unbranched alkanes of at least 4 members (excludes halogenated alkanes) is 14. The monoisotopic (exact) mass is 635 g/mol. The first kappa shape index (κ1) is 37.3. The van der Waals surface area contributed by atoms with Gasteiger partial charge in [-0.3, -0.25) is 4.18 Å². The van der Waals surface area contributed by atoms with Crippen LogP contribution < -0.4 is 9.84 Å². The Labute approximate surface area is 262 Å². The van der Waals surface area contributed by atoms with Gasteiger partial charge in [0.05, 0.1) is 16.9 Å². The third-order valence-electron chi connectivity index (χ3n) is 8.06. The molecule has 0 radical (unpaired) electrons. The highest BCUT2D eigenvalue weighted by Crippen LogP contribution is 2.36. The summed E-state index contributed by atoms with van der Waals surface area (Å²) in [6.45, 7) is 4.42. The standard InChI is InChI=1S/C35H55O6S2/c1-5-7-9-11-13-15-17-19-23-30-32(25-21-27-34(30)42(4,37)40-3)41-33-26-22-28-35(43(38,39)29-36)31(33)24-20-18-16-14-12-10-8-6-2/h21-22,25-28H,4-20,23-24,29H2,1-3H3/q-1. The molecular formula is C35H55O6S2-. The van der Waals surface area contributed by atoms with Crippen molar-refractivity contribution in [2.75, 3.05) is 13.0 Å². The summed E-state index contributed by atoms with van der Waals surface area (Å²) in [5.41, 5.74) is 1.31. The van der Waals surface area contributed by atoms with Gasteiger partial charge in [0, 0.05) is 11.1 Å². The molecule has 0 heterocycles. The van der Waals surface area contributed by atoms with Gasteiger partial charge >= 0.3 is 0 Å². The molecule has 1 unspecified atom stereocenters. The zero-order valence-electron chi connectivity index (χ0n) is 26.9. The van der Waals surface area contributed by atoms with Gasteiger partial charge in [-0.05, 0) is 61.8 Å². The van der Waals surface area contributed by atoms with Gasteiger partial charge in [-0.1, -0.05) is 116 Å². The molecule has 0 aliphatic rings. The molecule has 0 aliphatic carbocycles. The zero-order chi connectivity index (χ0) is 31.6. The number of hydrogen-bond acceptors (Lipinski definition) is 6. The Hall–Kier alpha value is -1.87. The summed E-state index contributed by atoms with van der Waals surface area (Å²) in [4.78, 5) is 0.546. The van der Waals surface area contributed by atoms with Crippen molar-refractivity contribution in [3.63, 3.8) is 0 Å². The van der Waals surface area contributed by atoms with Crippen LogP contribution in [0, 0.1) is 0 Å². The van der Waals surface area contributed by atoms with E-state index in [1.54, 1.807) is 24.3 Å². The van der Waals surface area contributed by atoms with Gasteiger partial charge in [0.15, 0.2) is 9.84 Å². The molecule has 0 saturated carbocycles. The van der Waals surface area contributed by atoms with E-state index in [1.807, 2.05) is 6.07 Å². The summed E-state index contributed by atoms with van der Waals surface area (Å²) in [7, 11) is -5.59. The highest BCUT2D eigenvalue weighted by Gasteiger charge is 2.21. The summed E-state index contributed by atoms with van der Waals surface area (Å²) < 4.78 is 50.7. The average molecular weight is 636 g/mol. The van der Waals surface area contributed by atoms with Gasteiger partial charge in [0.25, 0.3) is 0 Å². The quantitative estimate of drug-likeness (QED) is 0.0847. The van der Waals surface area contributed by atoms with Gasteiger partial charge in [0.2, 0.25) is 0 Å². The lowest BCUT2D eigenvalue weighted by atomic mass is 10.0. The molecule has 0 amide bonds. The van der Waals surface area contributed by atoms with E-state index in [9.17, 15) is 17.7 Å². The Bertz CT molecular complexity index is 1190. The first-order valence-electron chi connectivity index (χ1n) is 16.4. The van der Waals surface area contributed by atoms with E-state index in [4.69, 9.17) is 8.92 Å². The van der Waals surface area contributed by atoms with Gasteiger partial charge in [-0.25, -0.2) is 12.6 Å². The van der Waals surface area contributed by atoms with E-state index in [-0.39, 0.29) is 4.90 Å². The van der Waals surface area contributed by atoms with Crippen molar-refractivity contribution in [2.45, 2.75) is 139 Å². The fraction of sp³-hybridized carbons (Fsp3) is 0.629. The highest BCUT2D eigenvalue weighted by molar-refractivity contribution is 7.96. The molecule has 43 heavy (non-hydrogen) atoms. The SMILES string of the molecule is C=S(=O)(OC)c1cccc(Oc2cccc(S(=O)(=O)C[O-])c2CCCCCCCCCC)c1CCCCCCCCCC. The van der Waals surface area contributed by atoms with Crippen molar-refractivity contribution in [1.29, 1.82) is 0 Å². The van der Waals surface area contributed by atoms with E-state index in [0.717, 1.165) is 44.1 Å². The van der Waals surface area contributed by atoms with Gasteiger partial charge in [-0.15, -0.1) is 0 Å². The normalized spacial score (nSPS) is 13.2. The molecule has 244 valence electrons. The van der Waals surface area contributed by atoms with Crippen LogP contribution >= 0.6 is 0 Å². The first-order chi connectivity index (χ1) is 20.7. The second-order valence-electron chi connectivity index (χ2n) is 11.5. The Balaban J connectivity index is 2.30. The maximum absolute atomic E-state index is 13.3. The van der Waals surface area contributed by atoms with Crippen LogP contribution in [0.3, 0.4) is 0 Å². The van der Waals surface area contributed by atoms with Crippen molar-refractivity contribution in [2.24, 2.45) is 0 Å². The molecule has 0 bridgehead atoms. The third kappa shape index (κ3) is 12.6. The molecule has 0 aromatic heterocycles. The smallest absolute Gasteiger partial charge is 0.163 e. The van der Waals surface area contributed by atoms with Gasteiger partial charge in [-0.2, -0.15) is 0 Å². The molecule has 0 N–H and O–H groups in total. The lowest BCUT2D eigenvalue weighted by molar-refractivity contribution is -0.340. The number of sulfone groups is 1. The largest absolute Gasteiger partial charge is 0.843 e. The van der Waals surface area contributed by atoms with Crippen LogP contribution in [-0.2, 0) is 36.7 Å². The lowest BCUT2D eigenvalue weighted by Crippen LogP contribution is -2.20. The molecule has 0 aliphatic heterocycles. The fourth-order valence-electron chi connectivity index (χ4n) is 5.50. The molecule has 0 fully saturated rings. The fourth-order valence-corrected chi connectivity index (χ4v) is 7.54. The molecular weight excluding hydrogens is 581 g/mol. The molecule has 6 nitrogen and oxygen atoms in total. The Kier molecular flexibility index (Phi) is 17.5. The molecule has 2 aromatic rings. The van der Waals surface area contributed by atoms with Crippen LogP contribution in [0.25, 0.3) is 0 Å². The predicted molar refractivity (Wildman–Crippen MR) is 178 cm³/mol. The number of benzene rings is 2. The summed E-state index contributed by atoms with van der Waals surface area (Å²) in [6.07, 6.45) is 19.5. The van der Waals surface area contributed by atoms with E-state index < -0.39 is 25.6 Å². The maximum Gasteiger partial charge on any atom is 0.163 e. The highest BCUT2D eigenvalue weighted by atomic mass is 32.2. The molecule has 2 rings (SSSR count). The molecule has 0 saturated heterocycles.